The molecule has 4 rings (SSSR count). The zero-order valence-electron chi connectivity index (χ0n) is 19.9. The Morgan fingerprint density at radius 2 is 1.50 bits per heavy atom. The summed E-state index contributed by atoms with van der Waals surface area (Å²) >= 11 is 0. The highest BCUT2D eigenvalue weighted by atomic mass is 32.2. The van der Waals surface area contributed by atoms with Gasteiger partial charge in [-0.2, -0.15) is 4.31 Å². The quantitative estimate of drug-likeness (QED) is 0.457. The Kier molecular flexibility index (Phi) is 7.34. The van der Waals surface area contributed by atoms with Crippen molar-refractivity contribution in [3.63, 3.8) is 0 Å². The van der Waals surface area contributed by atoms with Crippen LogP contribution in [-0.4, -0.2) is 47.2 Å². The van der Waals surface area contributed by atoms with Gasteiger partial charge in [0.2, 0.25) is 10.0 Å². The first-order valence-electron chi connectivity index (χ1n) is 11.3. The van der Waals surface area contributed by atoms with Crippen LogP contribution in [0.4, 0.5) is 11.4 Å². The predicted molar refractivity (Wildman–Crippen MR) is 137 cm³/mol. The highest BCUT2D eigenvalue weighted by Crippen LogP contribution is 2.31. The van der Waals surface area contributed by atoms with Crippen molar-refractivity contribution < 1.29 is 26.4 Å². The van der Waals surface area contributed by atoms with Gasteiger partial charge in [0.25, 0.3) is 15.9 Å². The number of carbonyl (C=O) groups is 1. The highest BCUT2D eigenvalue weighted by Gasteiger charge is 2.28. The van der Waals surface area contributed by atoms with Crippen LogP contribution in [0.15, 0.2) is 76.5 Å². The van der Waals surface area contributed by atoms with Crippen LogP contribution in [0.3, 0.4) is 0 Å². The molecule has 1 heterocycles. The number of para-hydroxylation sites is 1. The van der Waals surface area contributed by atoms with Gasteiger partial charge in [-0.3, -0.25) is 9.52 Å². The standard InChI is InChI=1S/C25H27N3O6S2/c1-18-9-11-19(12-10-18)35(30,31)27-22-8-4-3-7-21(22)25(29)26-23-17-20(13-14-24(23)34-2)36(32,33)28-15-5-6-16-28/h3-4,7-14,17,27H,5-6,15-16H2,1-2H3,(H,26,29). The van der Waals surface area contributed by atoms with Crippen molar-refractivity contribution in [2.75, 3.05) is 30.2 Å². The Morgan fingerprint density at radius 1 is 0.861 bits per heavy atom. The number of nitrogens with zero attached hydrogens (tertiary/aromatic N) is 1. The molecule has 1 saturated heterocycles. The summed E-state index contributed by atoms with van der Waals surface area (Å²) < 4.78 is 61.0. The van der Waals surface area contributed by atoms with E-state index in [4.69, 9.17) is 4.74 Å². The lowest BCUT2D eigenvalue weighted by Gasteiger charge is -2.18. The maximum Gasteiger partial charge on any atom is 0.261 e. The third-order valence-electron chi connectivity index (χ3n) is 5.87. The molecule has 190 valence electrons. The van der Waals surface area contributed by atoms with Gasteiger partial charge in [0.15, 0.2) is 0 Å². The number of nitrogens with one attached hydrogen (secondary N) is 2. The SMILES string of the molecule is COc1ccc(S(=O)(=O)N2CCCC2)cc1NC(=O)c1ccccc1NS(=O)(=O)c1ccc(C)cc1. The molecule has 0 saturated carbocycles. The Labute approximate surface area is 211 Å². The topological polar surface area (TPSA) is 122 Å². The summed E-state index contributed by atoms with van der Waals surface area (Å²) in [5.41, 5.74) is 1.20. The van der Waals surface area contributed by atoms with Crippen LogP contribution in [0.25, 0.3) is 0 Å². The fraction of sp³-hybridized carbons (Fsp3) is 0.240. The van der Waals surface area contributed by atoms with E-state index in [1.54, 1.807) is 24.3 Å². The minimum absolute atomic E-state index is 0.0360. The number of benzene rings is 3. The number of aryl methyl sites for hydroxylation is 1. The molecule has 9 nitrogen and oxygen atoms in total. The fourth-order valence-electron chi connectivity index (χ4n) is 3.90. The van der Waals surface area contributed by atoms with Crippen molar-refractivity contribution in [3.8, 4) is 5.75 Å². The lowest BCUT2D eigenvalue weighted by molar-refractivity contribution is 0.102. The maximum absolute atomic E-state index is 13.2. The fourth-order valence-corrected chi connectivity index (χ4v) is 6.53. The summed E-state index contributed by atoms with van der Waals surface area (Å²) in [6.45, 7) is 2.75. The van der Waals surface area contributed by atoms with Crippen molar-refractivity contribution in [1.82, 2.24) is 4.31 Å². The van der Waals surface area contributed by atoms with E-state index in [9.17, 15) is 21.6 Å². The van der Waals surface area contributed by atoms with Crippen molar-refractivity contribution in [3.05, 3.63) is 77.9 Å². The van der Waals surface area contributed by atoms with Crippen molar-refractivity contribution in [1.29, 1.82) is 0 Å². The van der Waals surface area contributed by atoms with Crippen LogP contribution in [0.2, 0.25) is 0 Å². The molecular weight excluding hydrogens is 502 g/mol. The number of methoxy groups -OCH3 is 1. The molecule has 1 amide bonds. The van der Waals surface area contributed by atoms with E-state index in [-0.39, 0.29) is 32.5 Å². The molecule has 0 aromatic heterocycles. The van der Waals surface area contributed by atoms with Crippen molar-refractivity contribution >= 4 is 37.3 Å². The third-order valence-corrected chi connectivity index (χ3v) is 9.15. The van der Waals surface area contributed by atoms with Crippen LogP contribution in [0.1, 0.15) is 28.8 Å². The number of anilines is 2. The van der Waals surface area contributed by atoms with Gasteiger partial charge in [-0.1, -0.05) is 29.8 Å². The second-order valence-electron chi connectivity index (χ2n) is 8.39. The Hall–Kier alpha value is -3.41. The van der Waals surface area contributed by atoms with Crippen LogP contribution in [-0.2, 0) is 20.0 Å². The van der Waals surface area contributed by atoms with Gasteiger partial charge >= 0.3 is 0 Å². The van der Waals surface area contributed by atoms with E-state index in [1.165, 1.54) is 53.9 Å². The summed E-state index contributed by atoms with van der Waals surface area (Å²) in [5, 5.41) is 2.67. The van der Waals surface area contributed by atoms with Gasteiger partial charge in [0.1, 0.15) is 5.75 Å². The molecule has 1 fully saturated rings. The zero-order valence-corrected chi connectivity index (χ0v) is 21.5. The van der Waals surface area contributed by atoms with Crippen LogP contribution in [0, 0.1) is 6.92 Å². The molecule has 36 heavy (non-hydrogen) atoms. The molecule has 0 aliphatic carbocycles. The number of ether oxygens (including phenoxy) is 1. The van der Waals surface area contributed by atoms with E-state index in [0.29, 0.717) is 13.1 Å². The summed E-state index contributed by atoms with van der Waals surface area (Å²) in [6.07, 6.45) is 1.60. The number of carbonyl (C=O) groups excluding carboxylic acids is 1. The average Bonchev–Trinajstić information content (AvgIpc) is 3.40. The second kappa shape index (κ2) is 10.3. The smallest absolute Gasteiger partial charge is 0.261 e. The first-order chi connectivity index (χ1) is 17.1. The van der Waals surface area contributed by atoms with Crippen molar-refractivity contribution in [2.45, 2.75) is 29.6 Å². The van der Waals surface area contributed by atoms with E-state index >= 15 is 0 Å². The van der Waals surface area contributed by atoms with Gasteiger partial charge in [-0.05, 0) is 62.2 Å². The molecule has 0 atom stereocenters. The minimum Gasteiger partial charge on any atom is -0.495 e. The molecule has 1 aliphatic rings. The number of rotatable bonds is 8. The van der Waals surface area contributed by atoms with Gasteiger partial charge in [-0.25, -0.2) is 16.8 Å². The summed E-state index contributed by atoms with van der Waals surface area (Å²) in [5.74, 6) is -0.368. The molecule has 11 heteroatoms. The lowest BCUT2D eigenvalue weighted by atomic mass is 10.1. The first kappa shape index (κ1) is 25.7. The Morgan fingerprint density at radius 3 is 2.17 bits per heavy atom. The molecule has 1 aliphatic heterocycles. The van der Waals surface area contributed by atoms with E-state index in [2.05, 4.69) is 10.0 Å². The number of sulfonamides is 2. The average molecular weight is 530 g/mol. The molecule has 0 spiro atoms. The van der Waals surface area contributed by atoms with Crippen LogP contribution in [0.5, 0.6) is 5.75 Å². The van der Waals surface area contributed by atoms with Gasteiger partial charge in [-0.15, -0.1) is 0 Å². The van der Waals surface area contributed by atoms with Crippen LogP contribution < -0.4 is 14.8 Å². The molecule has 0 bridgehead atoms. The lowest BCUT2D eigenvalue weighted by Crippen LogP contribution is -2.28. The molecule has 3 aromatic carbocycles. The Balaban J connectivity index is 1.63. The van der Waals surface area contributed by atoms with Crippen molar-refractivity contribution in [2.24, 2.45) is 0 Å². The monoisotopic (exact) mass is 529 g/mol. The molecule has 3 aromatic rings. The third kappa shape index (κ3) is 5.38. The van der Waals surface area contributed by atoms with Gasteiger partial charge in [0, 0.05) is 13.1 Å². The molecule has 2 N–H and O–H groups in total. The second-order valence-corrected chi connectivity index (χ2v) is 12.0. The molecule has 0 unspecified atom stereocenters. The predicted octanol–water partition coefficient (Wildman–Crippen LogP) is 3.84. The van der Waals surface area contributed by atoms with E-state index < -0.39 is 26.0 Å². The normalized spacial score (nSPS) is 14.4. The van der Waals surface area contributed by atoms with Crippen LogP contribution >= 0.6 is 0 Å². The summed E-state index contributed by atoms with van der Waals surface area (Å²) in [7, 11) is -6.26. The largest absolute Gasteiger partial charge is 0.495 e. The summed E-state index contributed by atoms with van der Waals surface area (Å²) in [4.78, 5) is 13.3. The Bertz CT molecular complexity index is 1480. The summed E-state index contributed by atoms with van der Waals surface area (Å²) in [6, 6.07) is 16.8. The van der Waals surface area contributed by atoms with E-state index in [0.717, 1.165) is 18.4 Å². The number of hydrogen-bond acceptors (Lipinski definition) is 6. The van der Waals surface area contributed by atoms with Gasteiger partial charge in [0.05, 0.1) is 33.8 Å². The first-order valence-corrected chi connectivity index (χ1v) is 14.2. The minimum atomic E-state index is -3.95. The molecule has 0 radical (unpaired) electrons. The zero-order chi connectivity index (χ0) is 25.9. The van der Waals surface area contributed by atoms with Gasteiger partial charge < -0.3 is 10.1 Å². The number of amides is 1. The number of hydrogen-bond donors (Lipinski definition) is 2. The van der Waals surface area contributed by atoms with E-state index in [1.807, 2.05) is 6.92 Å². The highest BCUT2D eigenvalue weighted by molar-refractivity contribution is 7.92. The maximum atomic E-state index is 13.2. The molecular formula is C25H27N3O6S2.